The lowest BCUT2D eigenvalue weighted by atomic mass is 9.75. The Hall–Kier alpha value is -1.15. The van der Waals surface area contributed by atoms with Gasteiger partial charge in [0.25, 0.3) is 0 Å². The molecule has 0 saturated heterocycles. The van der Waals surface area contributed by atoms with Crippen LogP contribution >= 0.6 is 0 Å². The van der Waals surface area contributed by atoms with Crippen molar-refractivity contribution < 1.29 is 4.79 Å². The summed E-state index contributed by atoms with van der Waals surface area (Å²) >= 11 is 0. The molecule has 0 radical (unpaired) electrons. The van der Waals surface area contributed by atoms with Gasteiger partial charge >= 0.3 is 0 Å². The quantitative estimate of drug-likeness (QED) is 0.679. The second-order valence-corrected chi connectivity index (χ2v) is 13.9. The molecular formula is C20H28OSi. The van der Waals surface area contributed by atoms with Gasteiger partial charge in [-0.3, -0.25) is 4.79 Å². The van der Waals surface area contributed by atoms with Crippen LogP contribution < -0.4 is 0 Å². The Bertz CT molecular complexity index is 621. The van der Waals surface area contributed by atoms with Crippen LogP contribution in [0.1, 0.15) is 45.6 Å². The minimum atomic E-state index is -1.77. The number of fused-ring (bicyclic) bond motifs is 1. The Balaban J connectivity index is 2.14. The van der Waals surface area contributed by atoms with Gasteiger partial charge < -0.3 is 0 Å². The highest BCUT2D eigenvalue weighted by molar-refractivity contribution is 6.90. The fourth-order valence-corrected chi connectivity index (χ4v) is 6.37. The monoisotopic (exact) mass is 312 g/mol. The number of hydrogen-bond acceptors (Lipinski definition) is 1. The van der Waals surface area contributed by atoms with Crippen LogP contribution in [-0.2, 0) is 10.2 Å². The van der Waals surface area contributed by atoms with Gasteiger partial charge in [-0.2, -0.15) is 0 Å². The molecule has 3 rings (SSSR count). The van der Waals surface area contributed by atoms with Gasteiger partial charge in [0.05, 0.1) is 8.07 Å². The first-order chi connectivity index (χ1) is 10.2. The largest absolute Gasteiger partial charge is 0.295 e. The molecule has 0 N–H and O–H groups in total. The maximum Gasteiger partial charge on any atom is 0.158 e. The molecule has 1 saturated carbocycles. The van der Waals surface area contributed by atoms with Gasteiger partial charge in [0.1, 0.15) is 0 Å². The molecule has 1 fully saturated rings. The maximum atomic E-state index is 13.2. The molecule has 0 aliphatic heterocycles. The topological polar surface area (TPSA) is 17.1 Å². The van der Waals surface area contributed by atoms with Crippen molar-refractivity contribution in [3.05, 3.63) is 47.2 Å². The summed E-state index contributed by atoms with van der Waals surface area (Å²) in [5, 5.41) is 1.42. The summed E-state index contributed by atoms with van der Waals surface area (Å²) in [4.78, 5) is 13.2. The highest BCUT2D eigenvalue weighted by atomic mass is 28.3. The number of benzene rings is 1. The summed E-state index contributed by atoms with van der Waals surface area (Å²) in [5.41, 5.74) is 1.34. The molecule has 0 unspecified atom stereocenters. The lowest BCUT2D eigenvalue weighted by molar-refractivity contribution is -0.118. The number of ketones is 1. The van der Waals surface area contributed by atoms with Crippen molar-refractivity contribution in [3.8, 4) is 0 Å². The minimum absolute atomic E-state index is 0.0107. The normalized spacial score (nSPS) is 28.7. The molecule has 1 nitrogen and oxygen atoms in total. The number of carbonyl (C=O) groups excluding carboxylic acids is 1. The first kappa shape index (κ1) is 15.7. The molecule has 22 heavy (non-hydrogen) atoms. The van der Waals surface area contributed by atoms with Gasteiger partial charge in [-0.25, -0.2) is 0 Å². The van der Waals surface area contributed by atoms with Gasteiger partial charge in [0.15, 0.2) is 5.78 Å². The molecule has 0 amide bonds. The SMILES string of the molecule is CC(C)(C)[Si](C)(C)C1=C[C@]2(c3ccccc3)CCC[C@@H]2C1=O. The standard InChI is InChI=1S/C20H28OSi/c1-19(2,3)22(4,5)17-14-20(15-10-7-6-8-11-15)13-9-12-16(20)18(17)21/h6-8,10-11,14,16H,9,12-13H2,1-5H3/t16-,20+/m1/s1. The second kappa shape index (κ2) is 4.92. The van der Waals surface area contributed by atoms with E-state index in [0.717, 1.165) is 12.8 Å². The van der Waals surface area contributed by atoms with Gasteiger partial charge in [-0.15, -0.1) is 0 Å². The Morgan fingerprint density at radius 1 is 1.14 bits per heavy atom. The zero-order valence-corrected chi connectivity index (χ0v) is 15.6. The summed E-state index contributed by atoms with van der Waals surface area (Å²) < 4.78 is 0. The number of hydrogen-bond donors (Lipinski definition) is 0. The van der Waals surface area contributed by atoms with Crippen molar-refractivity contribution >= 4 is 13.9 Å². The third-order valence-electron chi connectivity index (χ3n) is 6.55. The number of allylic oxidation sites excluding steroid dienone is 2. The Labute approximate surface area is 135 Å². The predicted molar refractivity (Wildman–Crippen MR) is 95.7 cm³/mol. The van der Waals surface area contributed by atoms with E-state index in [4.69, 9.17) is 0 Å². The van der Waals surface area contributed by atoms with E-state index in [1.807, 2.05) is 0 Å². The van der Waals surface area contributed by atoms with Crippen LogP contribution in [0, 0.1) is 5.92 Å². The summed E-state index contributed by atoms with van der Waals surface area (Å²) in [6.07, 6.45) is 5.78. The third-order valence-corrected chi connectivity index (χ3v) is 12.0. The first-order valence-corrected chi connectivity index (χ1v) is 11.5. The van der Waals surface area contributed by atoms with Crippen molar-refractivity contribution in [2.75, 3.05) is 0 Å². The molecule has 0 aromatic heterocycles. The first-order valence-electron chi connectivity index (χ1n) is 8.53. The van der Waals surface area contributed by atoms with Gasteiger partial charge in [-0.05, 0) is 28.6 Å². The molecule has 0 spiro atoms. The van der Waals surface area contributed by atoms with Gasteiger partial charge in [0.2, 0.25) is 0 Å². The highest BCUT2D eigenvalue weighted by Gasteiger charge is 2.56. The van der Waals surface area contributed by atoms with E-state index in [1.54, 1.807) is 0 Å². The molecular weight excluding hydrogens is 284 g/mol. The zero-order valence-electron chi connectivity index (χ0n) is 14.6. The van der Waals surface area contributed by atoms with E-state index in [2.05, 4.69) is 70.3 Å². The Morgan fingerprint density at radius 2 is 1.77 bits per heavy atom. The van der Waals surface area contributed by atoms with Gasteiger partial charge in [0, 0.05) is 11.3 Å². The summed E-state index contributed by atoms with van der Waals surface area (Å²) in [6, 6.07) is 10.7. The zero-order chi connectivity index (χ0) is 16.2. The van der Waals surface area contributed by atoms with E-state index in [9.17, 15) is 4.79 Å². The van der Waals surface area contributed by atoms with Crippen LogP contribution in [0.4, 0.5) is 0 Å². The van der Waals surface area contributed by atoms with Crippen LogP contribution in [0.2, 0.25) is 18.1 Å². The smallest absolute Gasteiger partial charge is 0.158 e. The summed E-state index contributed by atoms with van der Waals surface area (Å²) in [7, 11) is -1.77. The summed E-state index contributed by atoms with van der Waals surface area (Å²) in [5.74, 6) is 0.659. The molecule has 118 valence electrons. The lowest BCUT2D eigenvalue weighted by Crippen LogP contribution is -2.42. The molecule has 2 heteroatoms. The third kappa shape index (κ3) is 2.07. The van der Waals surface area contributed by atoms with Crippen LogP contribution in [0.3, 0.4) is 0 Å². The highest BCUT2D eigenvalue weighted by Crippen LogP contribution is 2.56. The van der Waals surface area contributed by atoms with E-state index in [-0.39, 0.29) is 16.4 Å². The van der Waals surface area contributed by atoms with E-state index < -0.39 is 8.07 Å². The van der Waals surface area contributed by atoms with E-state index in [0.29, 0.717) is 5.78 Å². The van der Waals surface area contributed by atoms with Crippen molar-refractivity contribution in [1.29, 1.82) is 0 Å². The van der Waals surface area contributed by atoms with E-state index >= 15 is 0 Å². The number of rotatable bonds is 2. The Morgan fingerprint density at radius 3 is 2.36 bits per heavy atom. The van der Waals surface area contributed by atoms with Crippen molar-refractivity contribution in [3.63, 3.8) is 0 Å². The fraction of sp³-hybridized carbons (Fsp3) is 0.550. The lowest BCUT2D eigenvalue weighted by Gasteiger charge is -2.37. The average Bonchev–Trinajstić information content (AvgIpc) is 2.99. The fourth-order valence-electron chi connectivity index (χ4n) is 4.15. The second-order valence-electron chi connectivity index (χ2n) is 8.65. The minimum Gasteiger partial charge on any atom is -0.295 e. The molecule has 2 atom stereocenters. The van der Waals surface area contributed by atoms with Crippen molar-refractivity contribution in [1.82, 2.24) is 0 Å². The van der Waals surface area contributed by atoms with E-state index in [1.165, 1.54) is 17.2 Å². The average molecular weight is 313 g/mol. The number of carbonyl (C=O) groups is 1. The van der Waals surface area contributed by atoms with Crippen LogP contribution in [0.5, 0.6) is 0 Å². The maximum absolute atomic E-state index is 13.2. The van der Waals surface area contributed by atoms with Crippen molar-refractivity contribution in [2.24, 2.45) is 5.92 Å². The van der Waals surface area contributed by atoms with Crippen LogP contribution in [-0.4, -0.2) is 13.9 Å². The predicted octanol–water partition coefficient (Wildman–Crippen LogP) is 5.28. The van der Waals surface area contributed by atoms with Gasteiger partial charge in [-0.1, -0.05) is 76.7 Å². The molecule has 2 aliphatic rings. The molecule has 1 aromatic carbocycles. The van der Waals surface area contributed by atoms with Crippen LogP contribution in [0.15, 0.2) is 41.6 Å². The summed E-state index contributed by atoms with van der Waals surface area (Å²) in [6.45, 7) is 11.6. The molecule has 0 heterocycles. The Kier molecular flexibility index (Phi) is 3.52. The molecule has 1 aromatic rings. The number of Topliss-reactive ketones (excluding diaryl/α,β-unsaturated/α-hetero) is 1. The van der Waals surface area contributed by atoms with Crippen LogP contribution in [0.25, 0.3) is 0 Å². The van der Waals surface area contributed by atoms with Crippen molar-refractivity contribution in [2.45, 2.75) is 63.6 Å². The molecule has 2 aliphatic carbocycles. The molecule has 0 bridgehead atoms.